The first-order valence-electron chi connectivity index (χ1n) is 8.71. The standard InChI is InChI=1S/C22H22N2O/c1-14-16-12-8-9-13-17(16)23-20-18(14)19(22(2,3)4)21(25)24(20)15-10-6-5-7-11-15/h5-14H,1-4H3. The number of aliphatic imine (C=N–C) groups is 1. The van der Waals surface area contributed by atoms with Crippen LogP contribution in [0, 0.1) is 5.41 Å². The number of hydrogen-bond donors (Lipinski definition) is 0. The van der Waals surface area contributed by atoms with E-state index in [-0.39, 0.29) is 17.2 Å². The lowest BCUT2D eigenvalue weighted by molar-refractivity contribution is -0.114. The fourth-order valence-electron chi connectivity index (χ4n) is 3.84. The Balaban J connectivity index is 2.00. The number of hydrogen-bond acceptors (Lipinski definition) is 2. The van der Waals surface area contributed by atoms with Gasteiger partial charge in [0.1, 0.15) is 5.84 Å². The van der Waals surface area contributed by atoms with Crippen molar-refractivity contribution in [1.82, 2.24) is 0 Å². The van der Waals surface area contributed by atoms with Gasteiger partial charge in [-0.2, -0.15) is 0 Å². The maximum atomic E-state index is 13.4. The first-order chi connectivity index (χ1) is 11.9. The van der Waals surface area contributed by atoms with E-state index in [1.807, 2.05) is 48.5 Å². The molecule has 3 heteroatoms. The minimum atomic E-state index is -0.239. The van der Waals surface area contributed by atoms with Crippen LogP contribution in [0.5, 0.6) is 0 Å². The zero-order valence-corrected chi connectivity index (χ0v) is 15.1. The van der Waals surface area contributed by atoms with E-state index in [4.69, 9.17) is 4.99 Å². The molecular formula is C22H22N2O. The average Bonchev–Trinajstić information content (AvgIpc) is 2.88. The molecule has 4 rings (SSSR count). The van der Waals surface area contributed by atoms with Crippen molar-refractivity contribution in [2.45, 2.75) is 33.6 Å². The van der Waals surface area contributed by atoms with Crippen LogP contribution in [0.2, 0.25) is 0 Å². The summed E-state index contributed by atoms with van der Waals surface area (Å²) in [6.45, 7) is 8.49. The summed E-state index contributed by atoms with van der Waals surface area (Å²) < 4.78 is 0. The van der Waals surface area contributed by atoms with Crippen molar-refractivity contribution < 1.29 is 4.79 Å². The number of amidine groups is 1. The van der Waals surface area contributed by atoms with E-state index in [0.29, 0.717) is 0 Å². The molecule has 0 fully saturated rings. The lowest BCUT2D eigenvalue weighted by Gasteiger charge is -2.26. The number of nitrogens with zero attached hydrogens (tertiary/aromatic N) is 2. The molecule has 2 heterocycles. The topological polar surface area (TPSA) is 32.7 Å². The molecule has 126 valence electrons. The van der Waals surface area contributed by atoms with Crippen molar-refractivity contribution in [2.75, 3.05) is 4.90 Å². The highest BCUT2D eigenvalue weighted by Gasteiger charge is 2.45. The van der Waals surface area contributed by atoms with Crippen molar-refractivity contribution in [3.05, 3.63) is 71.3 Å². The van der Waals surface area contributed by atoms with Gasteiger partial charge in [0.05, 0.1) is 11.4 Å². The summed E-state index contributed by atoms with van der Waals surface area (Å²) in [5.74, 6) is 0.981. The molecule has 1 unspecified atom stereocenters. The molecule has 0 bridgehead atoms. The Hall–Kier alpha value is -2.68. The monoisotopic (exact) mass is 330 g/mol. The van der Waals surface area contributed by atoms with Gasteiger partial charge in [-0.3, -0.25) is 9.69 Å². The molecule has 0 aliphatic carbocycles. The molecular weight excluding hydrogens is 308 g/mol. The summed E-state index contributed by atoms with van der Waals surface area (Å²) in [4.78, 5) is 20.1. The molecule has 0 saturated carbocycles. The molecule has 0 radical (unpaired) electrons. The highest BCUT2D eigenvalue weighted by molar-refractivity contribution is 6.36. The number of amides is 1. The molecule has 0 saturated heterocycles. The average molecular weight is 330 g/mol. The van der Waals surface area contributed by atoms with E-state index in [2.05, 4.69) is 33.8 Å². The second kappa shape index (κ2) is 5.41. The van der Waals surface area contributed by atoms with E-state index in [9.17, 15) is 4.79 Å². The molecule has 2 aliphatic heterocycles. The van der Waals surface area contributed by atoms with E-state index in [1.165, 1.54) is 5.56 Å². The Morgan fingerprint density at radius 1 is 0.960 bits per heavy atom. The lowest BCUT2D eigenvalue weighted by Crippen LogP contribution is -2.34. The summed E-state index contributed by atoms with van der Waals surface area (Å²) in [6.07, 6.45) is 0. The number of benzene rings is 2. The van der Waals surface area contributed by atoms with Gasteiger partial charge in [0.25, 0.3) is 5.91 Å². The zero-order valence-electron chi connectivity index (χ0n) is 15.1. The summed E-state index contributed by atoms with van der Waals surface area (Å²) in [5, 5.41) is 0. The van der Waals surface area contributed by atoms with Gasteiger partial charge in [-0.05, 0) is 29.2 Å². The molecule has 25 heavy (non-hydrogen) atoms. The number of carbonyl (C=O) groups excluding carboxylic acids is 1. The largest absolute Gasteiger partial charge is 0.269 e. The van der Waals surface area contributed by atoms with Gasteiger partial charge in [-0.1, -0.05) is 64.1 Å². The Labute approximate surface area is 148 Å². The van der Waals surface area contributed by atoms with Gasteiger partial charge in [0.15, 0.2) is 0 Å². The molecule has 1 amide bonds. The fraction of sp³-hybridized carbons (Fsp3) is 0.273. The Bertz CT molecular complexity index is 917. The fourth-order valence-corrected chi connectivity index (χ4v) is 3.84. The Morgan fingerprint density at radius 2 is 1.60 bits per heavy atom. The predicted molar refractivity (Wildman–Crippen MR) is 102 cm³/mol. The van der Waals surface area contributed by atoms with Gasteiger partial charge in [-0.25, -0.2) is 4.99 Å². The quantitative estimate of drug-likeness (QED) is 0.705. The van der Waals surface area contributed by atoms with E-state index in [0.717, 1.165) is 28.4 Å². The minimum Gasteiger partial charge on any atom is -0.269 e. The van der Waals surface area contributed by atoms with Crippen LogP contribution < -0.4 is 4.90 Å². The van der Waals surface area contributed by atoms with Crippen LogP contribution in [0.4, 0.5) is 11.4 Å². The van der Waals surface area contributed by atoms with Gasteiger partial charge >= 0.3 is 0 Å². The van der Waals surface area contributed by atoms with Gasteiger partial charge in [-0.15, -0.1) is 0 Å². The Morgan fingerprint density at radius 3 is 2.28 bits per heavy atom. The highest BCUT2D eigenvalue weighted by atomic mass is 16.2. The van der Waals surface area contributed by atoms with Crippen LogP contribution in [0.3, 0.4) is 0 Å². The minimum absolute atomic E-state index is 0.0482. The van der Waals surface area contributed by atoms with E-state index < -0.39 is 0 Å². The second-order valence-electron chi connectivity index (χ2n) is 7.73. The van der Waals surface area contributed by atoms with E-state index in [1.54, 1.807) is 4.90 Å². The number of fused-ring (bicyclic) bond motifs is 2. The first-order valence-corrected chi connectivity index (χ1v) is 8.71. The third-order valence-electron chi connectivity index (χ3n) is 4.97. The number of carbonyl (C=O) groups is 1. The van der Waals surface area contributed by atoms with E-state index >= 15 is 0 Å². The lowest BCUT2D eigenvalue weighted by atomic mass is 9.78. The first kappa shape index (κ1) is 15.8. The van der Waals surface area contributed by atoms with Crippen LogP contribution in [0.1, 0.15) is 39.2 Å². The molecule has 2 aromatic rings. The second-order valence-corrected chi connectivity index (χ2v) is 7.73. The molecule has 3 nitrogen and oxygen atoms in total. The molecule has 2 aromatic carbocycles. The third kappa shape index (κ3) is 2.34. The van der Waals surface area contributed by atoms with Crippen molar-refractivity contribution in [3.8, 4) is 0 Å². The van der Waals surface area contributed by atoms with Crippen LogP contribution >= 0.6 is 0 Å². The van der Waals surface area contributed by atoms with Gasteiger partial charge in [0, 0.05) is 17.1 Å². The van der Waals surface area contributed by atoms with Crippen molar-refractivity contribution >= 4 is 23.1 Å². The zero-order chi connectivity index (χ0) is 17.8. The highest BCUT2D eigenvalue weighted by Crippen LogP contribution is 2.47. The normalized spacial score (nSPS) is 19.7. The van der Waals surface area contributed by atoms with Crippen molar-refractivity contribution in [3.63, 3.8) is 0 Å². The molecule has 0 spiro atoms. The predicted octanol–water partition coefficient (Wildman–Crippen LogP) is 5.22. The molecule has 2 aliphatic rings. The molecule has 0 aromatic heterocycles. The number of rotatable bonds is 1. The smallest absolute Gasteiger partial charge is 0.260 e. The summed E-state index contributed by atoms with van der Waals surface area (Å²) in [6, 6.07) is 18.0. The van der Waals surface area contributed by atoms with Crippen LogP contribution in [-0.2, 0) is 4.79 Å². The number of para-hydroxylation sites is 2. The summed E-state index contributed by atoms with van der Waals surface area (Å²) >= 11 is 0. The van der Waals surface area contributed by atoms with Gasteiger partial charge < -0.3 is 0 Å². The van der Waals surface area contributed by atoms with Crippen LogP contribution in [-0.4, -0.2) is 11.7 Å². The third-order valence-corrected chi connectivity index (χ3v) is 4.97. The van der Waals surface area contributed by atoms with Crippen molar-refractivity contribution in [1.29, 1.82) is 0 Å². The molecule has 0 N–H and O–H groups in total. The molecule has 1 atom stereocenters. The maximum Gasteiger partial charge on any atom is 0.260 e. The number of anilines is 1. The van der Waals surface area contributed by atoms with Gasteiger partial charge in [0.2, 0.25) is 0 Å². The van der Waals surface area contributed by atoms with Crippen LogP contribution in [0.15, 0.2) is 70.7 Å². The Kier molecular flexibility index (Phi) is 3.43. The summed E-state index contributed by atoms with van der Waals surface area (Å²) in [7, 11) is 0. The maximum absolute atomic E-state index is 13.4. The SMILES string of the molecule is CC1C2=C(C(C)(C)C)C(=O)N(c3ccccc3)C2=Nc2ccccc21. The van der Waals surface area contributed by atoms with Crippen LogP contribution in [0.25, 0.3) is 0 Å². The van der Waals surface area contributed by atoms with Crippen molar-refractivity contribution in [2.24, 2.45) is 10.4 Å². The summed E-state index contributed by atoms with van der Waals surface area (Å²) in [5.41, 5.74) is 4.71.